The summed E-state index contributed by atoms with van der Waals surface area (Å²) in [5.41, 5.74) is 0.962. The smallest absolute Gasteiger partial charge is 0.146 e. The molecule has 0 amide bonds. The van der Waals surface area contributed by atoms with Crippen molar-refractivity contribution in [2.75, 3.05) is 0 Å². The molecule has 0 aromatic heterocycles. The summed E-state index contributed by atoms with van der Waals surface area (Å²) < 4.78 is 0. The standard InChI is InChI=1S/C10H16O2/c1-5-10(3,4)9(7-12)8(2)6-11/h6-7H,5H2,1-4H3. The highest BCUT2D eigenvalue weighted by Crippen LogP contribution is 2.30. The van der Waals surface area contributed by atoms with Gasteiger partial charge in [0.15, 0.2) is 0 Å². The van der Waals surface area contributed by atoms with Gasteiger partial charge in [0.1, 0.15) is 12.6 Å². The number of hydrogen-bond acceptors (Lipinski definition) is 2. The lowest BCUT2D eigenvalue weighted by atomic mass is 9.80. The molecule has 0 unspecified atom stereocenters. The van der Waals surface area contributed by atoms with E-state index in [1.807, 2.05) is 20.8 Å². The van der Waals surface area contributed by atoms with E-state index in [1.165, 1.54) is 0 Å². The van der Waals surface area contributed by atoms with Crippen LogP contribution in [0.3, 0.4) is 0 Å². The third-order valence-corrected chi connectivity index (χ3v) is 2.33. The zero-order chi connectivity index (χ0) is 9.78. The van der Waals surface area contributed by atoms with Crippen LogP contribution in [-0.4, -0.2) is 12.6 Å². The summed E-state index contributed by atoms with van der Waals surface area (Å²) >= 11 is 0. The third-order valence-electron chi connectivity index (χ3n) is 2.33. The second-order valence-corrected chi connectivity index (χ2v) is 3.57. The predicted molar refractivity (Wildman–Crippen MR) is 48.9 cm³/mol. The van der Waals surface area contributed by atoms with Gasteiger partial charge in [-0.3, -0.25) is 9.59 Å². The second-order valence-electron chi connectivity index (χ2n) is 3.57. The molecule has 2 nitrogen and oxygen atoms in total. The average molecular weight is 168 g/mol. The highest BCUT2D eigenvalue weighted by atomic mass is 16.1. The molecular formula is C10H16O2. The predicted octanol–water partition coefficient (Wildman–Crippen LogP) is 2.14. The van der Waals surface area contributed by atoms with Crippen molar-refractivity contribution >= 4 is 12.6 Å². The molecule has 0 N–H and O–H groups in total. The summed E-state index contributed by atoms with van der Waals surface area (Å²) in [4.78, 5) is 21.1. The molecule has 0 rings (SSSR count). The van der Waals surface area contributed by atoms with E-state index in [2.05, 4.69) is 0 Å². The molecule has 0 heterocycles. The van der Waals surface area contributed by atoms with Crippen LogP contribution >= 0.6 is 0 Å². The van der Waals surface area contributed by atoms with E-state index in [9.17, 15) is 9.59 Å². The molecular weight excluding hydrogens is 152 g/mol. The maximum Gasteiger partial charge on any atom is 0.146 e. The van der Waals surface area contributed by atoms with Crippen LogP contribution in [-0.2, 0) is 9.59 Å². The van der Waals surface area contributed by atoms with Gasteiger partial charge in [-0.1, -0.05) is 20.8 Å². The van der Waals surface area contributed by atoms with Crippen molar-refractivity contribution in [1.29, 1.82) is 0 Å². The number of rotatable bonds is 4. The molecule has 0 spiro atoms. The highest BCUT2D eigenvalue weighted by molar-refractivity contribution is 5.87. The summed E-state index contributed by atoms with van der Waals surface area (Å²) in [6, 6.07) is 0. The number of aldehydes is 2. The first-order chi connectivity index (χ1) is 5.49. The van der Waals surface area contributed by atoms with Crippen LogP contribution in [0.25, 0.3) is 0 Å². The summed E-state index contributed by atoms with van der Waals surface area (Å²) in [5, 5.41) is 0. The fourth-order valence-corrected chi connectivity index (χ4v) is 1.04. The molecule has 0 bridgehead atoms. The summed E-state index contributed by atoms with van der Waals surface area (Å²) in [7, 11) is 0. The van der Waals surface area contributed by atoms with E-state index >= 15 is 0 Å². The molecule has 2 heteroatoms. The van der Waals surface area contributed by atoms with Gasteiger partial charge >= 0.3 is 0 Å². The lowest BCUT2D eigenvalue weighted by Crippen LogP contribution is -2.16. The Balaban J connectivity index is 5.03. The minimum atomic E-state index is -0.188. The van der Waals surface area contributed by atoms with Gasteiger partial charge in [0.25, 0.3) is 0 Å². The van der Waals surface area contributed by atoms with Crippen molar-refractivity contribution in [2.24, 2.45) is 5.41 Å². The van der Waals surface area contributed by atoms with Crippen LogP contribution in [0.4, 0.5) is 0 Å². The van der Waals surface area contributed by atoms with Gasteiger partial charge in [0.05, 0.1) is 0 Å². The number of allylic oxidation sites excluding steroid dienone is 2. The van der Waals surface area contributed by atoms with Gasteiger partial charge in [-0.15, -0.1) is 0 Å². The number of carbonyl (C=O) groups excluding carboxylic acids is 2. The number of carbonyl (C=O) groups is 2. The Kier molecular flexibility index (Phi) is 3.87. The molecule has 0 saturated carbocycles. The van der Waals surface area contributed by atoms with E-state index in [1.54, 1.807) is 6.92 Å². The van der Waals surface area contributed by atoms with Crippen LogP contribution in [0.1, 0.15) is 34.1 Å². The summed E-state index contributed by atoms with van der Waals surface area (Å²) in [6.45, 7) is 7.60. The largest absolute Gasteiger partial charge is 0.298 e. The first-order valence-electron chi connectivity index (χ1n) is 4.11. The molecule has 0 fully saturated rings. The quantitative estimate of drug-likeness (QED) is 0.476. The minimum absolute atomic E-state index is 0.188. The molecule has 0 aliphatic carbocycles. The minimum Gasteiger partial charge on any atom is -0.298 e. The zero-order valence-electron chi connectivity index (χ0n) is 8.18. The van der Waals surface area contributed by atoms with E-state index in [-0.39, 0.29) is 5.41 Å². The molecule has 0 aromatic carbocycles. The van der Waals surface area contributed by atoms with Gasteiger partial charge in [0, 0.05) is 5.57 Å². The molecule has 0 aromatic rings. The average Bonchev–Trinajstić information content (AvgIpc) is 2.05. The van der Waals surface area contributed by atoms with Gasteiger partial charge in [-0.2, -0.15) is 0 Å². The maximum absolute atomic E-state index is 10.7. The van der Waals surface area contributed by atoms with Gasteiger partial charge < -0.3 is 0 Å². The SMILES string of the molecule is CCC(C)(C)C(C=O)=C(C)C=O. The van der Waals surface area contributed by atoms with Crippen molar-refractivity contribution in [3.8, 4) is 0 Å². The van der Waals surface area contributed by atoms with Crippen LogP contribution in [0.2, 0.25) is 0 Å². The first-order valence-corrected chi connectivity index (χ1v) is 4.11. The topological polar surface area (TPSA) is 34.1 Å². The lowest BCUT2D eigenvalue weighted by Gasteiger charge is -2.23. The van der Waals surface area contributed by atoms with Gasteiger partial charge in [-0.05, 0) is 24.3 Å². The monoisotopic (exact) mass is 168 g/mol. The van der Waals surface area contributed by atoms with E-state index in [0.717, 1.165) is 19.0 Å². The van der Waals surface area contributed by atoms with E-state index in [4.69, 9.17) is 0 Å². The van der Waals surface area contributed by atoms with Crippen LogP contribution in [0.15, 0.2) is 11.1 Å². The van der Waals surface area contributed by atoms with Crippen LogP contribution in [0.5, 0.6) is 0 Å². The lowest BCUT2D eigenvalue weighted by molar-refractivity contribution is -0.107. The van der Waals surface area contributed by atoms with Crippen molar-refractivity contribution in [1.82, 2.24) is 0 Å². The van der Waals surface area contributed by atoms with Gasteiger partial charge in [-0.25, -0.2) is 0 Å². The molecule has 0 radical (unpaired) electrons. The Morgan fingerprint density at radius 1 is 1.25 bits per heavy atom. The van der Waals surface area contributed by atoms with Crippen molar-refractivity contribution in [3.05, 3.63) is 11.1 Å². The Bertz CT molecular complexity index is 212. The second kappa shape index (κ2) is 4.19. The third kappa shape index (κ3) is 2.29. The maximum atomic E-state index is 10.7. The van der Waals surface area contributed by atoms with Crippen LogP contribution in [0, 0.1) is 5.41 Å². The first kappa shape index (κ1) is 11.1. The Morgan fingerprint density at radius 3 is 2.00 bits per heavy atom. The van der Waals surface area contributed by atoms with E-state index < -0.39 is 0 Å². The number of hydrogen-bond donors (Lipinski definition) is 0. The molecule has 0 aliphatic heterocycles. The Labute approximate surface area is 73.7 Å². The molecule has 0 saturated heterocycles. The molecule has 12 heavy (non-hydrogen) atoms. The fraction of sp³-hybridized carbons (Fsp3) is 0.600. The summed E-state index contributed by atoms with van der Waals surface area (Å²) in [5.74, 6) is 0. The van der Waals surface area contributed by atoms with Crippen molar-refractivity contribution in [2.45, 2.75) is 34.1 Å². The Hall–Kier alpha value is -0.920. The fourth-order valence-electron chi connectivity index (χ4n) is 1.04. The molecule has 0 atom stereocenters. The normalized spacial score (nSPS) is 13.7. The van der Waals surface area contributed by atoms with Crippen molar-refractivity contribution in [3.63, 3.8) is 0 Å². The summed E-state index contributed by atoms with van der Waals surface area (Å²) in [6.07, 6.45) is 2.38. The molecule has 0 aliphatic rings. The zero-order valence-corrected chi connectivity index (χ0v) is 8.18. The van der Waals surface area contributed by atoms with Gasteiger partial charge in [0.2, 0.25) is 0 Å². The van der Waals surface area contributed by atoms with Crippen molar-refractivity contribution < 1.29 is 9.59 Å². The highest BCUT2D eigenvalue weighted by Gasteiger charge is 2.22. The van der Waals surface area contributed by atoms with Crippen LogP contribution < -0.4 is 0 Å². The van der Waals surface area contributed by atoms with E-state index in [0.29, 0.717) is 11.1 Å². The molecule has 68 valence electrons. The Morgan fingerprint density at radius 2 is 1.75 bits per heavy atom.